The molecule has 0 bridgehead atoms. The monoisotopic (exact) mass is 414 g/mol. The normalized spacial score (nSPS) is 11.5. The minimum absolute atomic E-state index is 0.151. The SMILES string of the molecule is Cc1ccc(S(=O)(=O)N/N=C\c2ccc(OCc3ccccc3)c(Cl)c2)cc1. The molecule has 3 aromatic rings. The molecule has 28 heavy (non-hydrogen) atoms. The third-order valence-electron chi connectivity index (χ3n) is 3.91. The lowest BCUT2D eigenvalue weighted by Gasteiger charge is -2.08. The fraction of sp³-hybridized carbons (Fsp3) is 0.0952. The van der Waals surface area contributed by atoms with Crippen LogP contribution in [0.1, 0.15) is 16.7 Å². The first-order valence-corrected chi connectivity index (χ1v) is 10.4. The number of hydrogen-bond donors (Lipinski definition) is 1. The zero-order chi connectivity index (χ0) is 20.0. The smallest absolute Gasteiger partial charge is 0.276 e. The van der Waals surface area contributed by atoms with Gasteiger partial charge in [-0.1, -0.05) is 59.6 Å². The molecule has 0 aliphatic rings. The Morgan fingerprint density at radius 3 is 2.43 bits per heavy atom. The Bertz CT molecular complexity index is 1070. The van der Waals surface area contributed by atoms with Gasteiger partial charge in [-0.15, -0.1) is 0 Å². The highest BCUT2D eigenvalue weighted by Crippen LogP contribution is 2.25. The molecule has 3 aromatic carbocycles. The van der Waals surface area contributed by atoms with Crippen molar-refractivity contribution in [3.8, 4) is 5.75 Å². The molecule has 0 aliphatic heterocycles. The summed E-state index contributed by atoms with van der Waals surface area (Å²) >= 11 is 6.25. The van der Waals surface area contributed by atoms with Crippen molar-refractivity contribution < 1.29 is 13.2 Å². The van der Waals surface area contributed by atoms with E-state index in [0.717, 1.165) is 11.1 Å². The van der Waals surface area contributed by atoms with Crippen LogP contribution < -0.4 is 9.57 Å². The third kappa shape index (κ3) is 5.34. The van der Waals surface area contributed by atoms with Gasteiger partial charge in [0.2, 0.25) is 0 Å². The predicted octanol–water partition coefficient (Wildman–Crippen LogP) is 4.54. The van der Waals surface area contributed by atoms with Crippen LogP contribution >= 0.6 is 11.6 Å². The number of rotatable bonds is 7. The summed E-state index contributed by atoms with van der Waals surface area (Å²) in [5.74, 6) is 0.544. The standard InChI is InChI=1S/C21H19ClN2O3S/c1-16-7-10-19(11-8-16)28(25,26)24-23-14-18-9-12-21(20(22)13-18)27-15-17-5-3-2-4-6-17/h2-14,24H,15H2,1H3/b23-14-. The van der Waals surface area contributed by atoms with Crippen LogP contribution in [-0.4, -0.2) is 14.6 Å². The summed E-state index contributed by atoms with van der Waals surface area (Å²) in [5, 5.41) is 4.23. The summed E-state index contributed by atoms with van der Waals surface area (Å²) in [6.07, 6.45) is 1.39. The van der Waals surface area contributed by atoms with Gasteiger partial charge < -0.3 is 4.74 Å². The first-order valence-electron chi connectivity index (χ1n) is 8.52. The summed E-state index contributed by atoms with van der Waals surface area (Å²) in [6, 6.07) is 21.4. The molecule has 0 heterocycles. The Balaban J connectivity index is 1.63. The second-order valence-electron chi connectivity index (χ2n) is 6.13. The van der Waals surface area contributed by atoms with E-state index in [1.54, 1.807) is 30.3 Å². The molecule has 0 aromatic heterocycles. The zero-order valence-corrected chi connectivity index (χ0v) is 16.7. The highest BCUT2D eigenvalue weighted by Gasteiger charge is 2.11. The van der Waals surface area contributed by atoms with E-state index in [-0.39, 0.29) is 4.90 Å². The van der Waals surface area contributed by atoms with Gasteiger partial charge in [0.25, 0.3) is 10.0 Å². The van der Waals surface area contributed by atoms with Crippen LogP contribution in [0.2, 0.25) is 5.02 Å². The predicted molar refractivity (Wildman–Crippen MR) is 111 cm³/mol. The molecule has 5 nitrogen and oxygen atoms in total. The van der Waals surface area contributed by atoms with Crippen molar-refractivity contribution in [2.75, 3.05) is 0 Å². The Kier molecular flexibility index (Phi) is 6.34. The van der Waals surface area contributed by atoms with E-state index in [9.17, 15) is 8.42 Å². The average molecular weight is 415 g/mol. The van der Waals surface area contributed by atoms with Crippen molar-refractivity contribution >= 4 is 27.8 Å². The van der Waals surface area contributed by atoms with Gasteiger partial charge in [0.1, 0.15) is 12.4 Å². The summed E-state index contributed by atoms with van der Waals surface area (Å²) in [4.78, 5) is 2.34. The zero-order valence-electron chi connectivity index (χ0n) is 15.2. The van der Waals surface area contributed by atoms with Crippen molar-refractivity contribution in [1.82, 2.24) is 4.83 Å². The molecule has 144 valence electrons. The quantitative estimate of drug-likeness (QED) is 0.456. The maximum Gasteiger partial charge on any atom is 0.276 e. The van der Waals surface area contributed by atoms with Crippen molar-refractivity contribution in [3.05, 3.63) is 94.5 Å². The van der Waals surface area contributed by atoms with Crippen LogP contribution in [0.3, 0.4) is 0 Å². The number of hydrazone groups is 1. The lowest BCUT2D eigenvalue weighted by Crippen LogP contribution is -2.18. The molecule has 0 atom stereocenters. The van der Waals surface area contributed by atoms with Crippen molar-refractivity contribution in [1.29, 1.82) is 0 Å². The van der Waals surface area contributed by atoms with E-state index in [2.05, 4.69) is 9.93 Å². The Labute approximate surface area is 169 Å². The van der Waals surface area contributed by atoms with Crippen LogP contribution in [0.15, 0.2) is 82.8 Å². The maximum absolute atomic E-state index is 12.2. The number of halogens is 1. The molecule has 0 spiro atoms. The molecule has 7 heteroatoms. The number of benzene rings is 3. The third-order valence-corrected chi connectivity index (χ3v) is 5.44. The Hall–Kier alpha value is -2.83. The van der Waals surface area contributed by atoms with Crippen molar-refractivity contribution in [3.63, 3.8) is 0 Å². The van der Waals surface area contributed by atoms with E-state index in [1.165, 1.54) is 18.3 Å². The van der Waals surface area contributed by atoms with Crippen LogP contribution in [-0.2, 0) is 16.6 Å². The largest absolute Gasteiger partial charge is 0.487 e. The topological polar surface area (TPSA) is 67.8 Å². The van der Waals surface area contributed by atoms with Gasteiger partial charge in [-0.25, -0.2) is 4.83 Å². The molecular weight excluding hydrogens is 396 g/mol. The molecule has 0 aliphatic carbocycles. The van der Waals surface area contributed by atoms with E-state index in [0.29, 0.717) is 22.9 Å². The first-order chi connectivity index (χ1) is 13.4. The fourth-order valence-corrected chi connectivity index (χ4v) is 3.42. The number of nitrogens with one attached hydrogen (secondary N) is 1. The highest BCUT2D eigenvalue weighted by molar-refractivity contribution is 7.89. The summed E-state index contributed by atoms with van der Waals surface area (Å²) in [5.41, 5.74) is 2.66. The lowest BCUT2D eigenvalue weighted by atomic mass is 10.2. The van der Waals surface area contributed by atoms with E-state index >= 15 is 0 Å². The number of nitrogens with zero attached hydrogens (tertiary/aromatic N) is 1. The molecule has 0 radical (unpaired) electrons. The van der Waals surface area contributed by atoms with Crippen LogP contribution in [0.5, 0.6) is 5.75 Å². The second kappa shape index (κ2) is 8.91. The van der Waals surface area contributed by atoms with Gasteiger partial charge in [0.15, 0.2) is 0 Å². The minimum Gasteiger partial charge on any atom is -0.487 e. The van der Waals surface area contributed by atoms with Gasteiger partial charge in [0.05, 0.1) is 16.1 Å². The number of aryl methyl sites for hydroxylation is 1. The van der Waals surface area contributed by atoms with Gasteiger partial charge >= 0.3 is 0 Å². The van der Waals surface area contributed by atoms with Gasteiger partial charge in [-0.2, -0.15) is 13.5 Å². The van der Waals surface area contributed by atoms with Crippen LogP contribution in [0.25, 0.3) is 0 Å². The Morgan fingerprint density at radius 1 is 1.04 bits per heavy atom. The molecular formula is C21H19ClN2O3S. The first kappa shape index (κ1) is 19.9. The molecule has 3 rings (SSSR count). The molecule has 0 amide bonds. The van der Waals surface area contributed by atoms with Crippen molar-refractivity contribution in [2.45, 2.75) is 18.4 Å². The number of ether oxygens (including phenoxy) is 1. The lowest BCUT2D eigenvalue weighted by molar-refractivity contribution is 0.306. The molecule has 1 N–H and O–H groups in total. The minimum atomic E-state index is -3.71. The summed E-state index contributed by atoms with van der Waals surface area (Å²) in [6.45, 7) is 2.29. The van der Waals surface area contributed by atoms with E-state index < -0.39 is 10.0 Å². The van der Waals surface area contributed by atoms with E-state index in [4.69, 9.17) is 16.3 Å². The molecule has 0 saturated heterocycles. The maximum atomic E-state index is 12.2. The molecule has 0 unspecified atom stereocenters. The van der Waals surface area contributed by atoms with Gasteiger partial charge in [-0.05, 0) is 48.4 Å². The molecule has 0 fully saturated rings. The van der Waals surface area contributed by atoms with Crippen LogP contribution in [0.4, 0.5) is 0 Å². The summed E-state index contributed by atoms with van der Waals surface area (Å²) in [7, 11) is -3.71. The number of hydrogen-bond acceptors (Lipinski definition) is 4. The van der Waals surface area contributed by atoms with Crippen molar-refractivity contribution in [2.24, 2.45) is 5.10 Å². The average Bonchev–Trinajstić information content (AvgIpc) is 2.68. The number of sulfonamides is 1. The highest BCUT2D eigenvalue weighted by atomic mass is 35.5. The Morgan fingerprint density at radius 2 is 1.75 bits per heavy atom. The summed E-state index contributed by atoms with van der Waals surface area (Å²) < 4.78 is 30.1. The van der Waals surface area contributed by atoms with Gasteiger partial charge in [0, 0.05) is 0 Å². The van der Waals surface area contributed by atoms with E-state index in [1.807, 2.05) is 37.3 Å². The molecule has 0 saturated carbocycles. The fourth-order valence-electron chi connectivity index (χ4n) is 2.39. The second-order valence-corrected chi connectivity index (χ2v) is 8.20. The van der Waals surface area contributed by atoms with Crippen LogP contribution in [0, 0.1) is 6.92 Å². The van der Waals surface area contributed by atoms with Gasteiger partial charge in [-0.3, -0.25) is 0 Å².